The van der Waals surface area contributed by atoms with Crippen molar-refractivity contribution in [2.24, 2.45) is 17.3 Å². The van der Waals surface area contributed by atoms with Crippen LogP contribution in [0.25, 0.3) is 0 Å². The molecule has 1 N–H and O–H groups in total. The highest BCUT2D eigenvalue weighted by atomic mass is 32.2. The van der Waals surface area contributed by atoms with Crippen molar-refractivity contribution in [2.45, 2.75) is 50.0 Å². The SMILES string of the molecule is O=C(OCC(F)(F)CS(=O)(=O)[O-])C12CC3CC(CC(O)(C3)C1)C2. The summed E-state index contributed by atoms with van der Waals surface area (Å²) in [4.78, 5) is 12.4. The number of halogens is 2. The van der Waals surface area contributed by atoms with E-state index in [0.717, 1.165) is 6.42 Å². The summed E-state index contributed by atoms with van der Waals surface area (Å²) in [7, 11) is -5.12. The first kappa shape index (κ1) is 17.0. The van der Waals surface area contributed by atoms with Crippen LogP contribution in [-0.2, 0) is 19.6 Å². The Morgan fingerprint density at radius 2 is 1.83 bits per heavy atom. The predicted molar refractivity (Wildman–Crippen MR) is 72.5 cm³/mol. The van der Waals surface area contributed by atoms with Gasteiger partial charge in [-0.3, -0.25) is 4.79 Å². The molecule has 4 rings (SSSR count). The van der Waals surface area contributed by atoms with Gasteiger partial charge in [-0.2, -0.15) is 0 Å². The highest BCUT2D eigenvalue weighted by Crippen LogP contribution is 2.62. The molecule has 0 spiro atoms. The second kappa shape index (κ2) is 5.10. The fourth-order valence-electron chi connectivity index (χ4n) is 5.08. The molecule has 6 nitrogen and oxygen atoms in total. The molecular weight excluding hydrogens is 334 g/mol. The third-order valence-corrected chi connectivity index (χ3v) is 6.04. The summed E-state index contributed by atoms with van der Waals surface area (Å²) in [5.74, 6) is -6.23. The number of hydrogen-bond donors (Lipinski definition) is 1. The number of alkyl halides is 2. The number of ether oxygens (including phenoxy) is 1. The standard InChI is InChI=1S/C14H20F2O6S/c15-14(16,8-23(19,20)21)7-22-11(17)12-2-9-1-10(3-12)5-13(18,4-9)6-12/h9-10,18H,1-8H2,(H,19,20,21)/p-1. The summed E-state index contributed by atoms with van der Waals surface area (Å²) < 4.78 is 62.9. The third-order valence-electron chi connectivity index (χ3n) is 5.27. The topological polar surface area (TPSA) is 104 Å². The molecular formula is C14H19F2O6S-. The third kappa shape index (κ3) is 3.51. The predicted octanol–water partition coefficient (Wildman–Crippen LogP) is 1.04. The molecule has 2 atom stereocenters. The van der Waals surface area contributed by atoms with Crippen LogP contribution in [0.1, 0.15) is 38.5 Å². The molecule has 4 saturated carbocycles. The number of aliphatic hydroxyl groups is 1. The molecule has 0 aromatic carbocycles. The van der Waals surface area contributed by atoms with Crippen molar-refractivity contribution in [2.75, 3.05) is 12.4 Å². The van der Waals surface area contributed by atoms with E-state index in [2.05, 4.69) is 4.74 Å². The molecule has 0 amide bonds. The first-order valence-corrected chi connectivity index (χ1v) is 9.19. The first-order valence-electron chi connectivity index (χ1n) is 7.62. The average Bonchev–Trinajstić information content (AvgIpc) is 2.29. The minimum Gasteiger partial charge on any atom is -0.748 e. The lowest BCUT2D eigenvalue weighted by molar-refractivity contribution is -0.201. The second-order valence-corrected chi connectivity index (χ2v) is 9.00. The van der Waals surface area contributed by atoms with Crippen LogP contribution in [0.5, 0.6) is 0 Å². The van der Waals surface area contributed by atoms with Gasteiger partial charge in [0, 0.05) is 0 Å². The molecule has 0 heterocycles. The lowest BCUT2D eigenvalue weighted by atomic mass is 9.48. The molecule has 0 saturated heterocycles. The van der Waals surface area contributed by atoms with Gasteiger partial charge < -0.3 is 14.4 Å². The number of hydrogen-bond acceptors (Lipinski definition) is 6. The van der Waals surface area contributed by atoms with Gasteiger partial charge in [-0.1, -0.05) is 0 Å². The van der Waals surface area contributed by atoms with Crippen molar-refractivity contribution in [3.63, 3.8) is 0 Å². The summed E-state index contributed by atoms with van der Waals surface area (Å²) in [5, 5.41) is 10.5. The largest absolute Gasteiger partial charge is 0.748 e. The number of carbonyl (C=O) groups excluding carboxylic acids is 1. The lowest BCUT2D eigenvalue weighted by Crippen LogP contribution is -2.58. The van der Waals surface area contributed by atoms with Crippen LogP contribution in [0, 0.1) is 17.3 Å². The zero-order valence-electron chi connectivity index (χ0n) is 12.5. The summed E-state index contributed by atoms with van der Waals surface area (Å²) in [6.45, 7) is -1.43. The number of rotatable bonds is 5. The van der Waals surface area contributed by atoms with E-state index in [1.165, 1.54) is 0 Å². The Morgan fingerprint density at radius 3 is 2.30 bits per heavy atom. The molecule has 9 heteroatoms. The second-order valence-electron chi connectivity index (χ2n) is 7.60. The molecule has 4 aliphatic carbocycles. The molecule has 132 valence electrons. The van der Waals surface area contributed by atoms with E-state index in [-0.39, 0.29) is 18.3 Å². The monoisotopic (exact) mass is 353 g/mol. The highest BCUT2D eigenvalue weighted by molar-refractivity contribution is 7.85. The van der Waals surface area contributed by atoms with Crippen molar-refractivity contribution in [1.29, 1.82) is 0 Å². The van der Waals surface area contributed by atoms with Crippen LogP contribution < -0.4 is 0 Å². The van der Waals surface area contributed by atoms with Crippen LogP contribution in [0.2, 0.25) is 0 Å². The van der Waals surface area contributed by atoms with Gasteiger partial charge in [0.25, 0.3) is 5.92 Å². The smallest absolute Gasteiger partial charge is 0.312 e. The Kier molecular flexibility index (Phi) is 3.77. The Balaban J connectivity index is 1.67. The summed E-state index contributed by atoms with van der Waals surface area (Å²) >= 11 is 0. The summed E-state index contributed by atoms with van der Waals surface area (Å²) in [6.07, 6.45) is 3.41. The molecule has 0 aromatic heterocycles. The quantitative estimate of drug-likeness (QED) is 0.585. The van der Waals surface area contributed by atoms with Crippen molar-refractivity contribution < 1.29 is 36.4 Å². The van der Waals surface area contributed by atoms with Gasteiger partial charge in [0.2, 0.25) is 0 Å². The van der Waals surface area contributed by atoms with Crippen LogP contribution in [0.15, 0.2) is 0 Å². The zero-order valence-corrected chi connectivity index (χ0v) is 13.3. The highest BCUT2D eigenvalue weighted by Gasteiger charge is 2.61. The van der Waals surface area contributed by atoms with E-state index in [1.54, 1.807) is 0 Å². The van der Waals surface area contributed by atoms with Crippen LogP contribution in [0.3, 0.4) is 0 Å². The summed E-state index contributed by atoms with van der Waals surface area (Å²) in [6, 6.07) is 0. The molecule has 0 aromatic rings. The van der Waals surface area contributed by atoms with E-state index >= 15 is 0 Å². The Hall–Kier alpha value is -0.800. The van der Waals surface area contributed by atoms with Gasteiger partial charge in [0.15, 0.2) is 6.61 Å². The summed E-state index contributed by atoms with van der Waals surface area (Å²) in [5.41, 5.74) is -1.88. The van der Waals surface area contributed by atoms with Gasteiger partial charge in [-0.25, -0.2) is 17.2 Å². The zero-order chi connectivity index (χ0) is 17.1. The molecule has 2 unspecified atom stereocenters. The molecule has 4 fully saturated rings. The van der Waals surface area contributed by atoms with Gasteiger partial charge in [-0.05, 0) is 50.4 Å². The van der Waals surface area contributed by atoms with E-state index < -0.39 is 45.4 Å². The number of esters is 1. The Labute approximate surface area is 132 Å². The maximum atomic E-state index is 13.4. The van der Waals surface area contributed by atoms with E-state index in [4.69, 9.17) is 0 Å². The minimum atomic E-state index is -5.12. The fraction of sp³-hybridized carbons (Fsp3) is 0.929. The molecule has 0 aliphatic heterocycles. The van der Waals surface area contributed by atoms with Gasteiger partial charge in [0.05, 0.1) is 11.0 Å². The average molecular weight is 353 g/mol. The van der Waals surface area contributed by atoms with E-state index in [9.17, 15) is 31.7 Å². The fourth-order valence-corrected chi connectivity index (χ4v) is 5.68. The Morgan fingerprint density at radius 1 is 1.26 bits per heavy atom. The maximum absolute atomic E-state index is 13.4. The lowest BCUT2D eigenvalue weighted by Gasteiger charge is -2.58. The van der Waals surface area contributed by atoms with Crippen molar-refractivity contribution in [3.05, 3.63) is 0 Å². The van der Waals surface area contributed by atoms with Gasteiger partial charge >= 0.3 is 5.97 Å². The molecule has 4 aliphatic rings. The van der Waals surface area contributed by atoms with E-state index in [1.807, 2.05) is 0 Å². The van der Waals surface area contributed by atoms with Crippen molar-refractivity contribution >= 4 is 16.1 Å². The van der Waals surface area contributed by atoms with Crippen molar-refractivity contribution in [3.8, 4) is 0 Å². The Bertz CT molecular complexity index is 603. The number of carbonyl (C=O) groups is 1. The minimum absolute atomic E-state index is 0.191. The normalized spacial score (nSPS) is 39.5. The molecule has 23 heavy (non-hydrogen) atoms. The maximum Gasteiger partial charge on any atom is 0.312 e. The first-order chi connectivity index (χ1) is 10.4. The molecule has 0 radical (unpaired) electrons. The van der Waals surface area contributed by atoms with Crippen LogP contribution in [-0.4, -0.2) is 47.9 Å². The van der Waals surface area contributed by atoms with Gasteiger partial charge in [0.1, 0.15) is 15.9 Å². The van der Waals surface area contributed by atoms with E-state index in [0.29, 0.717) is 25.7 Å². The molecule has 4 bridgehead atoms. The van der Waals surface area contributed by atoms with Gasteiger partial charge in [-0.15, -0.1) is 0 Å². The van der Waals surface area contributed by atoms with Crippen LogP contribution in [0.4, 0.5) is 8.78 Å². The van der Waals surface area contributed by atoms with Crippen molar-refractivity contribution in [1.82, 2.24) is 0 Å². The van der Waals surface area contributed by atoms with Crippen LogP contribution >= 0.6 is 0 Å².